The SMILES string of the molecule is O=C(Nc1ccc2c(c1)OCCO2)C1CCCC(=O)N1Cc1ccc(F)cc1. The van der Waals surface area contributed by atoms with E-state index in [1.807, 2.05) is 0 Å². The van der Waals surface area contributed by atoms with Gasteiger partial charge in [0.15, 0.2) is 11.5 Å². The molecule has 0 aromatic heterocycles. The summed E-state index contributed by atoms with van der Waals surface area (Å²) in [6.07, 6.45) is 1.66. The van der Waals surface area contributed by atoms with Crippen LogP contribution in [0, 0.1) is 5.82 Å². The Morgan fingerprint density at radius 3 is 2.64 bits per heavy atom. The Labute approximate surface area is 162 Å². The predicted octanol–water partition coefficient (Wildman–Crippen LogP) is 3.12. The zero-order valence-corrected chi connectivity index (χ0v) is 15.3. The van der Waals surface area contributed by atoms with Crippen molar-refractivity contribution in [2.45, 2.75) is 31.8 Å². The number of hydrogen-bond donors (Lipinski definition) is 1. The molecule has 0 radical (unpaired) electrons. The van der Waals surface area contributed by atoms with Gasteiger partial charge in [-0.05, 0) is 42.7 Å². The molecule has 2 aromatic rings. The number of hydrogen-bond acceptors (Lipinski definition) is 4. The number of nitrogens with one attached hydrogen (secondary N) is 1. The third-order valence-electron chi connectivity index (χ3n) is 4.94. The molecule has 1 unspecified atom stereocenters. The van der Waals surface area contributed by atoms with Gasteiger partial charge >= 0.3 is 0 Å². The second kappa shape index (κ2) is 7.88. The lowest BCUT2D eigenvalue weighted by Crippen LogP contribution is -2.49. The molecule has 0 spiro atoms. The summed E-state index contributed by atoms with van der Waals surface area (Å²) in [5, 5.41) is 2.88. The van der Waals surface area contributed by atoms with Gasteiger partial charge in [-0.3, -0.25) is 9.59 Å². The van der Waals surface area contributed by atoms with E-state index in [1.165, 1.54) is 12.1 Å². The molecule has 2 aliphatic heterocycles. The fourth-order valence-electron chi connectivity index (χ4n) is 3.52. The van der Waals surface area contributed by atoms with E-state index in [9.17, 15) is 14.0 Å². The number of likely N-dealkylation sites (tertiary alicyclic amines) is 1. The van der Waals surface area contributed by atoms with Gasteiger partial charge in [0.05, 0.1) is 0 Å². The van der Waals surface area contributed by atoms with Gasteiger partial charge in [-0.25, -0.2) is 4.39 Å². The van der Waals surface area contributed by atoms with Gasteiger partial charge in [0.25, 0.3) is 0 Å². The molecule has 7 heteroatoms. The smallest absolute Gasteiger partial charge is 0.247 e. The largest absolute Gasteiger partial charge is 0.486 e. The van der Waals surface area contributed by atoms with E-state index in [-0.39, 0.29) is 24.2 Å². The molecule has 0 bridgehead atoms. The monoisotopic (exact) mass is 384 g/mol. The molecule has 2 aliphatic rings. The van der Waals surface area contributed by atoms with E-state index >= 15 is 0 Å². The Morgan fingerprint density at radius 1 is 1.11 bits per heavy atom. The van der Waals surface area contributed by atoms with Crippen LogP contribution in [-0.4, -0.2) is 36.0 Å². The zero-order chi connectivity index (χ0) is 19.5. The highest BCUT2D eigenvalue weighted by molar-refractivity contribution is 5.98. The number of rotatable bonds is 4. The summed E-state index contributed by atoms with van der Waals surface area (Å²) in [4.78, 5) is 26.9. The highest BCUT2D eigenvalue weighted by atomic mass is 19.1. The van der Waals surface area contributed by atoms with Gasteiger partial charge < -0.3 is 19.7 Å². The lowest BCUT2D eigenvalue weighted by Gasteiger charge is -2.34. The highest BCUT2D eigenvalue weighted by Gasteiger charge is 2.33. The van der Waals surface area contributed by atoms with Crippen molar-refractivity contribution in [3.05, 3.63) is 53.8 Å². The number of fused-ring (bicyclic) bond motifs is 1. The fraction of sp³-hybridized carbons (Fsp3) is 0.333. The summed E-state index contributed by atoms with van der Waals surface area (Å²) in [5.41, 5.74) is 1.38. The molecular formula is C21H21FN2O4. The fourth-order valence-corrected chi connectivity index (χ4v) is 3.52. The summed E-state index contributed by atoms with van der Waals surface area (Å²) < 4.78 is 24.2. The van der Waals surface area contributed by atoms with Crippen molar-refractivity contribution in [1.29, 1.82) is 0 Å². The molecule has 4 rings (SSSR count). The standard InChI is InChI=1S/C21H21FN2O4/c22-15-6-4-14(5-7-15)13-24-17(2-1-3-20(24)25)21(26)23-16-8-9-18-19(12-16)28-11-10-27-18/h4-9,12,17H,1-3,10-11,13H2,(H,23,26). The Hall–Kier alpha value is -3.09. The number of anilines is 1. The van der Waals surface area contributed by atoms with Crippen LogP contribution in [0.3, 0.4) is 0 Å². The first-order chi connectivity index (χ1) is 13.6. The van der Waals surface area contributed by atoms with Crippen LogP contribution in [0.25, 0.3) is 0 Å². The van der Waals surface area contributed by atoms with E-state index < -0.39 is 6.04 Å². The summed E-state index contributed by atoms with van der Waals surface area (Å²) in [7, 11) is 0. The third-order valence-corrected chi connectivity index (χ3v) is 4.94. The lowest BCUT2D eigenvalue weighted by atomic mass is 9.99. The van der Waals surface area contributed by atoms with E-state index in [0.717, 1.165) is 5.56 Å². The van der Waals surface area contributed by atoms with Crippen molar-refractivity contribution in [2.75, 3.05) is 18.5 Å². The average Bonchev–Trinajstić information content (AvgIpc) is 2.71. The predicted molar refractivity (Wildman–Crippen MR) is 101 cm³/mol. The molecule has 1 saturated heterocycles. The minimum absolute atomic E-state index is 0.0714. The molecule has 0 aliphatic carbocycles. The first kappa shape index (κ1) is 18.3. The number of carbonyl (C=O) groups is 2. The Balaban J connectivity index is 1.49. The van der Waals surface area contributed by atoms with Crippen LogP contribution in [0.4, 0.5) is 10.1 Å². The first-order valence-electron chi connectivity index (χ1n) is 9.34. The van der Waals surface area contributed by atoms with E-state index in [1.54, 1.807) is 35.2 Å². The molecule has 146 valence electrons. The van der Waals surface area contributed by atoms with Crippen molar-refractivity contribution < 1.29 is 23.5 Å². The van der Waals surface area contributed by atoms with E-state index in [4.69, 9.17) is 9.47 Å². The van der Waals surface area contributed by atoms with Gasteiger partial charge in [-0.2, -0.15) is 0 Å². The highest BCUT2D eigenvalue weighted by Crippen LogP contribution is 2.33. The van der Waals surface area contributed by atoms with Crippen molar-refractivity contribution in [2.24, 2.45) is 0 Å². The Kier molecular flexibility index (Phi) is 5.14. The molecule has 0 saturated carbocycles. The van der Waals surface area contributed by atoms with Crippen molar-refractivity contribution in [1.82, 2.24) is 4.90 Å². The summed E-state index contributed by atoms with van der Waals surface area (Å²) in [6, 6.07) is 10.6. The van der Waals surface area contributed by atoms with Crippen molar-refractivity contribution in [3.63, 3.8) is 0 Å². The van der Waals surface area contributed by atoms with Gasteiger partial charge in [-0.1, -0.05) is 12.1 Å². The lowest BCUT2D eigenvalue weighted by molar-refractivity contribution is -0.142. The molecular weight excluding hydrogens is 363 g/mol. The quantitative estimate of drug-likeness (QED) is 0.880. The van der Waals surface area contributed by atoms with Crippen LogP contribution in [0.1, 0.15) is 24.8 Å². The minimum Gasteiger partial charge on any atom is -0.486 e. The molecule has 1 fully saturated rings. The maximum absolute atomic E-state index is 13.1. The van der Waals surface area contributed by atoms with Crippen LogP contribution >= 0.6 is 0 Å². The van der Waals surface area contributed by atoms with Gasteiger partial charge in [0.1, 0.15) is 25.1 Å². The normalized spacial score (nSPS) is 18.7. The van der Waals surface area contributed by atoms with Crippen LogP contribution < -0.4 is 14.8 Å². The summed E-state index contributed by atoms with van der Waals surface area (Å²) in [6.45, 7) is 1.24. The van der Waals surface area contributed by atoms with Crippen LogP contribution in [0.15, 0.2) is 42.5 Å². The maximum atomic E-state index is 13.1. The van der Waals surface area contributed by atoms with Crippen LogP contribution in [0.5, 0.6) is 11.5 Å². The number of carbonyl (C=O) groups excluding carboxylic acids is 2. The zero-order valence-electron chi connectivity index (χ0n) is 15.3. The van der Waals surface area contributed by atoms with Gasteiger partial charge in [0.2, 0.25) is 11.8 Å². The minimum atomic E-state index is -0.570. The third kappa shape index (κ3) is 3.93. The number of halogens is 1. The number of benzene rings is 2. The second-order valence-corrected chi connectivity index (χ2v) is 6.90. The van der Waals surface area contributed by atoms with Crippen molar-refractivity contribution in [3.8, 4) is 11.5 Å². The van der Waals surface area contributed by atoms with E-state index in [0.29, 0.717) is 49.7 Å². The molecule has 1 N–H and O–H groups in total. The number of ether oxygens (including phenoxy) is 2. The van der Waals surface area contributed by atoms with Crippen molar-refractivity contribution >= 4 is 17.5 Å². The summed E-state index contributed by atoms with van der Waals surface area (Å²) in [5.74, 6) is 0.591. The second-order valence-electron chi connectivity index (χ2n) is 6.90. The topological polar surface area (TPSA) is 67.9 Å². The number of piperidine rings is 1. The maximum Gasteiger partial charge on any atom is 0.247 e. The number of nitrogens with zero attached hydrogens (tertiary/aromatic N) is 1. The molecule has 1 atom stereocenters. The van der Waals surface area contributed by atoms with Crippen LogP contribution in [0.2, 0.25) is 0 Å². The molecule has 2 aromatic carbocycles. The van der Waals surface area contributed by atoms with Gasteiger partial charge in [-0.15, -0.1) is 0 Å². The molecule has 2 amide bonds. The van der Waals surface area contributed by atoms with E-state index in [2.05, 4.69) is 5.32 Å². The molecule has 2 heterocycles. The average molecular weight is 384 g/mol. The Bertz CT molecular complexity index is 884. The van der Waals surface area contributed by atoms with Gasteiger partial charge in [0, 0.05) is 24.7 Å². The Morgan fingerprint density at radius 2 is 1.86 bits per heavy atom. The molecule has 28 heavy (non-hydrogen) atoms. The molecule has 6 nitrogen and oxygen atoms in total. The number of amides is 2. The first-order valence-corrected chi connectivity index (χ1v) is 9.34. The van der Waals surface area contributed by atoms with Crippen LogP contribution in [-0.2, 0) is 16.1 Å². The summed E-state index contributed by atoms with van der Waals surface area (Å²) >= 11 is 0.